The van der Waals surface area contributed by atoms with Gasteiger partial charge in [0.15, 0.2) is 0 Å². The number of fused-ring (bicyclic) bond motifs is 2. The van der Waals surface area contributed by atoms with Gasteiger partial charge in [0, 0.05) is 34.5 Å². The van der Waals surface area contributed by atoms with Crippen molar-refractivity contribution in [3.8, 4) is 17.2 Å². The number of aromatic hydroxyl groups is 1. The predicted octanol–water partition coefficient (Wildman–Crippen LogP) is 2.01. The molecule has 0 spiro atoms. The van der Waals surface area contributed by atoms with Crippen molar-refractivity contribution >= 4 is 24.1 Å². The number of carbonyl (C=O) groups is 2. The fourth-order valence-electron chi connectivity index (χ4n) is 3.62. The number of ether oxygens (including phenoxy) is 1. The summed E-state index contributed by atoms with van der Waals surface area (Å²) in [5.41, 5.74) is 7.63. The smallest absolute Gasteiger partial charge is 0.336 e. The largest absolute Gasteiger partial charge is 0.508 e. The standard InChI is InChI=1S/C23H17NO6/c1-11-2-5-16-20(17-8-12(22(26)27)3-6-14(17)23(28)29)15-7-4-13(25)9-19(15)30-21(16)18(11)10-24/h2-9,25H,1,10,24H2,(H,26,27)(H,28,29). The quantitative estimate of drug-likeness (QED) is 0.410. The number of nitrogens with two attached hydrogens (primary N) is 1. The molecule has 1 heterocycles. The van der Waals surface area contributed by atoms with Crippen LogP contribution in [0.2, 0.25) is 0 Å². The lowest BCUT2D eigenvalue weighted by molar-refractivity contribution is 0.0681. The summed E-state index contributed by atoms with van der Waals surface area (Å²) in [6.45, 7) is 4.09. The van der Waals surface area contributed by atoms with Gasteiger partial charge in [-0.25, -0.2) is 9.59 Å². The normalized spacial score (nSPS) is 12.0. The van der Waals surface area contributed by atoms with Crippen molar-refractivity contribution in [3.63, 3.8) is 0 Å². The number of phenols is 1. The molecular weight excluding hydrogens is 386 g/mol. The molecule has 0 fully saturated rings. The second kappa shape index (κ2) is 7.06. The van der Waals surface area contributed by atoms with E-state index >= 15 is 0 Å². The summed E-state index contributed by atoms with van der Waals surface area (Å²) in [6, 6.07) is 11.8. The zero-order chi connectivity index (χ0) is 21.6. The summed E-state index contributed by atoms with van der Waals surface area (Å²) < 4.78 is 6.03. The first kappa shape index (κ1) is 19.2. The monoisotopic (exact) mass is 403 g/mol. The molecule has 0 bridgehead atoms. The SMILES string of the molecule is C=c1ccc2c(c1CN)Oc1cc(O)ccc1C=2c1cc(C(=O)O)ccc1C(=O)O. The summed E-state index contributed by atoms with van der Waals surface area (Å²) in [4.78, 5) is 23.5. The third-order valence-electron chi connectivity index (χ3n) is 5.04. The molecular formula is C23H17NO6. The topological polar surface area (TPSA) is 130 Å². The zero-order valence-electron chi connectivity index (χ0n) is 15.7. The third kappa shape index (κ3) is 2.98. The molecule has 7 nitrogen and oxygen atoms in total. The van der Waals surface area contributed by atoms with Crippen molar-refractivity contribution in [3.05, 3.63) is 86.8 Å². The minimum Gasteiger partial charge on any atom is -0.508 e. The molecule has 7 heteroatoms. The maximum atomic E-state index is 11.9. The van der Waals surface area contributed by atoms with E-state index in [9.17, 15) is 24.9 Å². The summed E-state index contributed by atoms with van der Waals surface area (Å²) >= 11 is 0. The summed E-state index contributed by atoms with van der Waals surface area (Å²) in [7, 11) is 0. The Hall–Kier alpha value is -4.10. The van der Waals surface area contributed by atoms with E-state index in [0.29, 0.717) is 38.6 Å². The molecule has 3 aromatic rings. The van der Waals surface area contributed by atoms with Crippen LogP contribution in [0.4, 0.5) is 0 Å². The van der Waals surface area contributed by atoms with Crippen molar-refractivity contribution in [2.24, 2.45) is 5.73 Å². The van der Waals surface area contributed by atoms with Crippen LogP contribution in [-0.2, 0) is 6.54 Å². The van der Waals surface area contributed by atoms with Crippen molar-refractivity contribution in [2.45, 2.75) is 6.54 Å². The van der Waals surface area contributed by atoms with E-state index in [-0.39, 0.29) is 29.0 Å². The molecule has 0 amide bonds. The van der Waals surface area contributed by atoms with Crippen molar-refractivity contribution in [1.82, 2.24) is 0 Å². The summed E-state index contributed by atoms with van der Waals surface area (Å²) in [5, 5.41) is 30.3. The highest BCUT2D eigenvalue weighted by Crippen LogP contribution is 2.39. The van der Waals surface area contributed by atoms with E-state index in [1.54, 1.807) is 18.2 Å². The first-order chi connectivity index (χ1) is 14.3. The van der Waals surface area contributed by atoms with Crippen molar-refractivity contribution in [1.29, 1.82) is 0 Å². The second-order valence-electron chi connectivity index (χ2n) is 6.81. The van der Waals surface area contributed by atoms with Gasteiger partial charge in [-0.15, -0.1) is 0 Å². The number of rotatable bonds is 4. The molecule has 0 unspecified atom stereocenters. The van der Waals surface area contributed by atoms with Crippen LogP contribution in [0.25, 0.3) is 12.2 Å². The van der Waals surface area contributed by atoms with Gasteiger partial charge in [0.1, 0.15) is 17.2 Å². The molecule has 150 valence electrons. The van der Waals surface area contributed by atoms with E-state index in [1.165, 1.54) is 30.3 Å². The average Bonchev–Trinajstić information content (AvgIpc) is 2.71. The van der Waals surface area contributed by atoms with Gasteiger partial charge >= 0.3 is 11.9 Å². The molecule has 0 saturated carbocycles. The first-order valence-electron chi connectivity index (χ1n) is 8.99. The molecule has 3 aromatic carbocycles. The number of hydrogen-bond donors (Lipinski definition) is 4. The molecule has 0 atom stereocenters. The fraction of sp³-hybridized carbons (Fsp3) is 0.0435. The number of carboxylic acid groups (broad SMARTS) is 2. The number of benzene rings is 3. The third-order valence-corrected chi connectivity index (χ3v) is 5.04. The minimum absolute atomic E-state index is 0.0330. The van der Waals surface area contributed by atoms with E-state index < -0.39 is 11.9 Å². The lowest BCUT2D eigenvalue weighted by Crippen LogP contribution is -2.25. The highest BCUT2D eigenvalue weighted by atomic mass is 16.5. The fourth-order valence-corrected chi connectivity index (χ4v) is 3.62. The molecule has 0 aliphatic carbocycles. The van der Waals surface area contributed by atoms with Crippen LogP contribution in [0.1, 0.15) is 37.4 Å². The van der Waals surface area contributed by atoms with Gasteiger partial charge < -0.3 is 25.8 Å². The Kier molecular flexibility index (Phi) is 4.52. The Morgan fingerprint density at radius 1 is 0.967 bits per heavy atom. The Bertz CT molecular complexity index is 1340. The number of hydrogen-bond acceptors (Lipinski definition) is 5. The van der Waals surface area contributed by atoms with Gasteiger partial charge in [0.05, 0.1) is 11.1 Å². The van der Waals surface area contributed by atoms with Crippen LogP contribution in [0.15, 0.2) is 48.5 Å². The lowest BCUT2D eigenvalue weighted by Gasteiger charge is -2.24. The minimum atomic E-state index is -1.20. The summed E-state index contributed by atoms with van der Waals surface area (Å²) in [6.07, 6.45) is 0. The molecule has 0 radical (unpaired) electrons. The van der Waals surface area contributed by atoms with Gasteiger partial charge in [-0.05, 0) is 47.2 Å². The van der Waals surface area contributed by atoms with Gasteiger partial charge in [-0.1, -0.05) is 12.6 Å². The first-order valence-corrected chi connectivity index (χ1v) is 8.99. The molecule has 1 aliphatic heterocycles. The van der Waals surface area contributed by atoms with E-state index in [2.05, 4.69) is 6.58 Å². The van der Waals surface area contributed by atoms with Crippen LogP contribution < -0.4 is 20.9 Å². The van der Waals surface area contributed by atoms with Crippen LogP contribution in [0, 0.1) is 0 Å². The molecule has 30 heavy (non-hydrogen) atoms. The lowest BCUT2D eigenvalue weighted by atomic mass is 9.88. The van der Waals surface area contributed by atoms with Crippen LogP contribution in [0.3, 0.4) is 0 Å². The van der Waals surface area contributed by atoms with Gasteiger partial charge in [-0.3, -0.25) is 0 Å². The molecule has 0 saturated heterocycles. The predicted molar refractivity (Wildman–Crippen MR) is 109 cm³/mol. The molecule has 5 N–H and O–H groups in total. The number of phenolic OH excluding ortho intramolecular Hbond substituents is 1. The Labute approximate surface area is 170 Å². The van der Waals surface area contributed by atoms with Gasteiger partial charge in [0.2, 0.25) is 0 Å². The molecule has 1 aliphatic rings. The zero-order valence-corrected chi connectivity index (χ0v) is 15.7. The summed E-state index contributed by atoms with van der Waals surface area (Å²) in [5.74, 6) is -1.71. The molecule has 4 rings (SSSR count). The maximum Gasteiger partial charge on any atom is 0.336 e. The van der Waals surface area contributed by atoms with Gasteiger partial charge in [-0.2, -0.15) is 0 Å². The average molecular weight is 403 g/mol. The van der Waals surface area contributed by atoms with Crippen molar-refractivity contribution in [2.75, 3.05) is 0 Å². The molecule has 0 aromatic heterocycles. The number of carboxylic acids is 2. The maximum absolute atomic E-state index is 11.9. The van der Waals surface area contributed by atoms with Crippen LogP contribution >= 0.6 is 0 Å². The Morgan fingerprint density at radius 3 is 2.40 bits per heavy atom. The van der Waals surface area contributed by atoms with Crippen LogP contribution in [0.5, 0.6) is 17.2 Å². The Morgan fingerprint density at radius 2 is 1.73 bits per heavy atom. The van der Waals surface area contributed by atoms with Gasteiger partial charge in [0.25, 0.3) is 0 Å². The van der Waals surface area contributed by atoms with E-state index in [1.807, 2.05) is 0 Å². The van der Waals surface area contributed by atoms with Crippen LogP contribution in [-0.4, -0.2) is 27.3 Å². The Balaban J connectivity index is 2.22. The number of aromatic carboxylic acids is 2. The highest BCUT2D eigenvalue weighted by molar-refractivity contribution is 6.00. The van der Waals surface area contributed by atoms with E-state index in [4.69, 9.17) is 10.5 Å². The second-order valence-corrected chi connectivity index (χ2v) is 6.81. The van der Waals surface area contributed by atoms with Crippen molar-refractivity contribution < 1.29 is 29.6 Å². The van der Waals surface area contributed by atoms with E-state index in [0.717, 1.165) is 0 Å². The highest BCUT2D eigenvalue weighted by Gasteiger charge is 2.26.